The monoisotopic (exact) mass is 311 g/mol. The van der Waals surface area contributed by atoms with Gasteiger partial charge in [0.1, 0.15) is 11.4 Å². The third-order valence-electron chi connectivity index (χ3n) is 2.70. The fraction of sp³-hybridized carbons (Fsp3) is 0.214. The number of carbonyl (C=O) groups is 1. The maximum atomic E-state index is 12.5. The molecule has 0 saturated heterocycles. The quantitative estimate of drug-likeness (QED) is 0.943. The van der Waals surface area contributed by atoms with Crippen molar-refractivity contribution in [2.45, 2.75) is 12.6 Å². The average Bonchev–Trinajstić information content (AvgIpc) is 2.46. The number of ether oxygens (including phenoxy) is 1. The van der Waals surface area contributed by atoms with E-state index in [0.717, 1.165) is 12.3 Å². The van der Waals surface area contributed by atoms with Gasteiger partial charge >= 0.3 is 6.18 Å². The zero-order chi connectivity index (χ0) is 16.2. The number of nitrogens with one attached hydrogen (secondary N) is 1. The number of benzene rings is 1. The number of hydrogen-bond donors (Lipinski definition) is 1. The standard InChI is InChI=1S/C14H12F3N3O2/c1-22-10-4-2-3-9(7-10)8-12(21)20-13-18-6-5-11(19-13)14(15,16)17/h2-7H,8H2,1H3,(H,18,19,20,21). The number of alkyl halides is 3. The molecule has 116 valence electrons. The van der Waals surface area contributed by atoms with Crippen LogP contribution in [-0.2, 0) is 17.4 Å². The molecule has 0 saturated carbocycles. The van der Waals surface area contributed by atoms with Gasteiger partial charge in [-0.1, -0.05) is 12.1 Å². The number of amides is 1. The number of halogens is 3. The minimum Gasteiger partial charge on any atom is -0.497 e. The fourth-order valence-electron chi connectivity index (χ4n) is 1.71. The molecule has 1 aromatic heterocycles. The van der Waals surface area contributed by atoms with Crippen LogP contribution in [0.1, 0.15) is 11.3 Å². The molecule has 2 aromatic rings. The molecule has 1 aromatic carbocycles. The maximum Gasteiger partial charge on any atom is 0.433 e. The first kappa shape index (κ1) is 15.7. The van der Waals surface area contributed by atoms with Crippen LogP contribution in [0.4, 0.5) is 19.1 Å². The first-order chi connectivity index (χ1) is 10.4. The van der Waals surface area contributed by atoms with E-state index in [0.29, 0.717) is 11.3 Å². The highest BCUT2D eigenvalue weighted by atomic mass is 19.4. The van der Waals surface area contributed by atoms with Crippen LogP contribution in [-0.4, -0.2) is 23.0 Å². The largest absolute Gasteiger partial charge is 0.497 e. The summed E-state index contributed by atoms with van der Waals surface area (Å²) in [5.41, 5.74) is -0.456. The molecule has 0 spiro atoms. The van der Waals surface area contributed by atoms with Gasteiger partial charge in [0.2, 0.25) is 11.9 Å². The zero-order valence-corrected chi connectivity index (χ0v) is 11.5. The number of nitrogens with zero attached hydrogens (tertiary/aromatic N) is 2. The molecular formula is C14H12F3N3O2. The van der Waals surface area contributed by atoms with Gasteiger partial charge in [-0.25, -0.2) is 9.97 Å². The van der Waals surface area contributed by atoms with E-state index in [-0.39, 0.29) is 12.4 Å². The van der Waals surface area contributed by atoms with Crippen LogP contribution in [0, 0.1) is 0 Å². The van der Waals surface area contributed by atoms with Crippen molar-refractivity contribution in [3.8, 4) is 5.75 Å². The van der Waals surface area contributed by atoms with Gasteiger partial charge in [-0.2, -0.15) is 13.2 Å². The van der Waals surface area contributed by atoms with Gasteiger partial charge in [-0.3, -0.25) is 10.1 Å². The summed E-state index contributed by atoms with van der Waals surface area (Å²) in [7, 11) is 1.50. The van der Waals surface area contributed by atoms with E-state index in [9.17, 15) is 18.0 Å². The van der Waals surface area contributed by atoms with E-state index < -0.39 is 17.8 Å². The van der Waals surface area contributed by atoms with Gasteiger partial charge in [0.05, 0.1) is 13.5 Å². The second-order valence-corrected chi connectivity index (χ2v) is 4.34. The zero-order valence-electron chi connectivity index (χ0n) is 11.5. The molecule has 0 bridgehead atoms. The predicted octanol–water partition coefficient (Wildman–Crippen LogP) is 2.69. The first-order valence-electron chi connectivity index (χ1n) is 6.21. The predicted molar refractivity (Wildman–Crippen MR) is 72.4 cm³/mol. The molecule has 2 rings (SSSR count). The summed E-state index contributed by atoms with van der Waals surface area (Å²) in [4.78, 5) is 18.7. The molecule has 5 nitrogen and oxygen atoms in total. The normalized spacial score (nSPS) is 11.1. The van der Waals surface area contributed by atoms with Crippen LogP contribution >= 0.6 is 0 Å². The second-order valence-electron chi connectivity index (χ2n) is 4.34. The lowest BCUT2D eigenvalue weighted by atomic mass is 10.1. The van der Waals surface area contributed by atoms with Crippen molar-refractivity contribution in [1.82, 2.24) is 9.97 Å². The van der Waals surface area contributed by atoms with Crippen molar-refractivity contribution in [2.75, 3.05) is 12.4 Å². The summed E-state index contributed by atoms with van der Waals surface area (Å²) in [6, 6.07) is 7.53. The Morgan fingerprint density at radius 3 is 2.77 bits per heavy atom. The summed E-state index contributed by atoms with van der Waals surface area (Å²) in [5.74, 6) is -0.323. The molecule has 0 aliphatic rings. The molecule has 8 heteroatoms. The molecule has 1 heterocycles. The van der Waals surface area contributed by atoms with Gasteiger partial charge in [0, 0.05) is 6.20 Å². The second kappa shape index (κ2) is 6.42. The Kier molecular flexibility index (Phi) is 4.59. The van der Waals surface area contributed by atoms with E-state index >= 15 is 0 Å². The van der Waals surface area contributed by atoms with Gasteiger partial charge in [0.25, 0.3) is 0 Å². The average molecular weight is 311 g/mol. The molecule has 1 amide bonds. The van der Waals surface area contributed by atoms with Crippen molar-refractivity contribution in [3.05, 3.63) is 47.8 Å². The molecule has 0 aliphatic carbocycles. The highest BCUT2D eigenvalue weighted by Gasteiger charge is 2.32. The fourth-order valence-corrected chi connectivity index (χ4v) is 1.71. The highest BCUT2D eigenvalue weighted by molar-refractivity contribution is 5.90. The van der Waals surface area contributed by atoms with Crippen molar-refractivity contribution < 1.29 is 22.7 Å². The molecule has 0 aliphatic heterocycles. The summed E-state index contributed by atoms with van der Waals surface area (Å²) < 4.78 is 42.6. The van der Waals surface area contributed by atoms with Gasteiger partial charge in [0.15, 0.2) is 0 Å². The van der Waals surface area contributed by atoms with Crippen LogP contribution in [0.15, 0.2) is 36.5 Å². The van der Waals surface area contributed by atoms with Crippen LogP contribution in [0.2, 0.25) is 0 Å². The number of anilines is 1. The molecular weight excluding hydrogens is 299 g/mol. The lowest BCUT2D eigenvalue weighted by Gasteiger charge is -2.08. The third-order valence-corrected chi connectivity index (χ3v) is 2.70. The number of aromatic nitrogens is 2. The molecule has 0 radical (unpaired) electrons. The lowest BCUT2D eigenvalue weighted by molar-refractivity contribution is -0.141. The summed E-state index contributed by atoms with van der Waals surface area (Å²) >= 11 is 0. The van der Waals surface area contributed by atoms with E-state index in [1.54, 1.807) is 24.3 Å². The molecule has 1 N–H and O–H groups in total. The van der Waals surface area contributed by atoms with E-state index in [4.69, 9.17) is 4.74 Å². The Hall–Kier alpha value is -2.64. The van der Waals surface area contributed by atoms with Crippen LogP contribution < -0.4 is 10.1 Å². The Morgan fingerprint density at radius 1 is 1.32 bits per heavy atom. The Morgan fingerprint density at radius 2 is 2.09 bits per heavy atom. The van der Waals surface area contributed by atoms with Crippen molar-refractivity contribution in [1.29, 1.82) is 0 Å². The minimum atomic E-state index is -4.59. The lowest BCUT2D eigenvalue weighted by Crippen LogP contribution is -2.18. The van der Waals surface area contributed by atoms with Crippen molar-refractivity contribution in [3.63, 3.8) is 0 Å². The number of hydrogen-bond acceptors (Lipinski definition) is 4. The van der Waals surface area contributed by atoms with Crippen LogP contribution in [0.25, 0.3) is 0 Å². The summed E-state index contributed by atoms with van der Waals surface area (Å²) in [5, 5.41) is 2.24. The molecule has 0 atom stereocenters. The number of carbonyl (C=O) groups excluding carboxylic acids is 1. The van der Waals surface area contributed by atoms with E-state index in [2.05, 4.69) is 15.3 Å². The van der Waals surface area contributed by atoms with E-state index in [1.807, 2.05) is 0 Å². The van der Waals surface area contributed by atoms with E-state index in [1.165, 1.54) is 7.11 Å². The summed E-state index contributed by atoms with van der Waals surface area (Å²) in [6.45, 7) is 0. The third kappa shape index (κ3) is 4.18. The van der Waals surface area contributed by atoms with Crippen LogP contribution in [0.5, 0.6) is 5.75 Å². The summed E-state index contributed by atoms with van der Waals surface area (Å²) in [6.07, 6.45) is -3.68. The Labute approximate surface area is 124 Å². The number of methoxy groups -OCH3 is 1. The number of rotatable bonds is 4. The smallest absolute Gasteiger partial charge is 0.433 e. The molecule has 22 heavy (non-hydrogen) atoms. The maximum absolute atomic E-state index is 12.5. The molecule has 0 fully saturated rings. The Balaban J connectivity index is 2.06. The van der Waals surface area contributed by atoms with Crippen molar-refractivity contribution >= 4 is 11.9 Å². The SMILES string of the molecule is COc1cccc(CC(=O)Nc2nccc(C(F)(F)F)n2)c1. The van der Waals surface area contributed by atoms with Crippen molar-refractivity contribution in [2.24, 2.45) is 0 Å². The van der Waals surface area contributed by atoms with Gasteiger partial charge in [-0.05, 0) is 23.8 Å². The Bertz CT molecular complexity index is 674. The minimum absolute atomic E-state index is 0.0309. The van der Waals surface area contributed by atoms with Gasteiger partial charge in [-0.15, -0.1) is 0 Å². The highest BCUT2D eigenvalue weighted by Crippen LogP contribution is 2.27. The topological polar surface area (TPSA) is 64.1 Å². The first-order valence-corrected chi connectivity index (χ1v) is 6.21. The molecule has 0 unspecified atom stereocenters. The van der Waals surface area contributed by atoms with Crippen LogP contribution in [0.3, 0.4) is 0 Å². The van der Waals surface area contributed by atoms with Gasteiger partial charge < -0.3 is 4.74 Å².